The number of anilines is 1. The third kappa shape index (κ3) is 7.97. The molecule has 0 atom stereocenters. The Bertz CT molecular complexity index is 560. The molecule has 0 aromatic heterocycles. The van der Waals surface area contributed by atoms with E-state index in [1.165, 1.54) is 6.42 Å². The minimum Gasteiger partial charge on any atom is -0.491 e. The van der Waals surface area contributed by atoms with Gasteiger partial charge in [0, 0.05) is 6.54 Å². The molecule has 0 spiro atoms. The van der Waals surface area contributed by atoms with Gasteiger partial charge in [-0.05, 0) is 58.3 Å². The number of ether oxygens (including phenoxy) is 2. The van der Waals surface area contributed by atoms with Crippen molar-refractivity contribution in [3.05, 3.63) is 24.3 Å². The second-order valence-corrected chi connectivity index (χ2v) is 7.55. The van der Waals surface area contributed by atoms with Crippen LogP contribution in [0.15, 0.2) is 24.3 Å². The van der Waals surface area contributed by atoms with E-state index in [1.54, 1.807) is 0 Å². The van der Waals surface area contributed by atoms with Crippen LogP contribution < -0.4 is 10.1 Å². The molecule has 1 amide bonds. The lowest BCUT2D eigenvalue weighted by molar-refractivity contribution is -0.0261. The van der Waals surface area contributed by atoms with Crippen LogP contribution in [0.25, 0.3) is 0 Å². The first-order chi connectivity index (χ1) is 12.5. The van der Waals surface area contributed by atoms with Crippen molar-refractivity contribution in [2.24, 2.45) is 0 Å². The molecule has 1 aromatic rings. The molecule has 154 valence electrons. The van der Waals surface area contributed by atoms with Crippen LogP contribution in [0.3, 0.4) is 0 Å². The minimum absolute atomic E-state index is 0. The van der Waals surface area contributed by atoms with Crippen molar-refractivity contribution in [3.8, 4) is 5.75 Å². The molecule has 6 heteroatoms. The van der Waals surface area contributed by atoms with Gasteiger partial charge in [-0.2, -0.15) is 0 Å². The summed E-state index contributed by atoms with van der Waals surface area (Å²) in [6.45, 7) is 3.59. The summed E-state index contributed by atoms with van der Waals surface area (Å²) in [4.78, 5) is 14.7. The Hall–Kier alpha value is -1.46. The summed E-state index contributed by atoms with van der Waals surface area (Å²) in [6.07, 6.45) is 8.21. The molecule has 0 saturated heterocycles. The lowest BCUT2D eigenvalue weighted by atomic mass is 9.84. The number of carbonyl (C=O) groups is 1. The summed E-state index contributed by atoms with van der Waals surface area (Å²) in [5.74, 6) is 0.700. The largest absolute Gasteiger partial charge is 0.491 e. The van der Waals surface area contributed by atoms with Crippen molar-refractivity contribution in [3.63, 3.8) is 0 Å². The highest BCUT2D eigenvalue weighted by molar-refractivity contribution is 5.87. The zero-order chi connectivity index (χ0) is 18.8. The summed E-state index contributed by atoms with van der Waals surface area (Å²) in [6, 6.07) is 7.55. The number of para-hydroxylation sites is 2. The number of hydrogen-bond acceptors (Lipinski definition) is 4. The topological polar surface area (TPSA) is 50.8 Å². The van der Waals surface area contributed by atoms with E-state index in [-0.39, 0.29) is 18.0 Å². The van der Waals surface area contributed by atoms with Gasteiger partial charge in [-0.15, -0.1) is 12.4 Å². The Morgan fingerprint density at radius 3 is 2.52 bits per heavy atom. The zero-order valence-corrected chi connectivity index (χ0v) is 17.8. The van der Waals surface area contributed by atoms with Gasteiger partial charge in [-0.3, -0.25) is 5.32 Å². The van der Waals surface area contributed by atoms with Crippen molar-refractivity contribution in [1.29, 1.82) is 0 Å². The minimum atomic E-state index is -0.390. The van der Waals surface area contributed by atoms with E-state index in [9.17, 15) is 4.79 Å². The number of nitrogens with zero attached hydrogens (tertiary/aromatic N) is 1. The van der Waals surface area contributed by atoms with Crippen molar-refractivity contribution in [2.45, 2.75) is 63.9 Å². The van der Waals surface area contributed by atoms with Crippen molar-refractivity contribution in [1.82, 2.24) is 4.90 Å². The summed E-state index contributed by atoms with van der Waals surface area (Å²) in [7, 11) is 4.05. The molecule has 1 N–H and O–H groups in total. The van der Waals surface area contributed by atoms with Gasteiger partial charge < -0.3 is 14.4 Å². The van der Waals surface area contributed by atoms with E-state index in [2.05, 4.69) is 17.1 Å². The fourth-order valence-corrected chi connectivity index (χ4v) is 3.63. The third-order valence-electron chi connectivity index (χ3n) is 4.81. The molecule has 2 rings (SSSR count). The van der Waals surface area contributed by atoms with Crippen LogP contribution in [0.5, 0.6) is 5.75 Å². The maximum atomic E-state index is 12.6. The quantitative estimate of drug-likeness (QED) is 0.558. The lowest BCUT2D eigenvalue weighted by Crippen LogP contribution is -2.46. The summed E-state index contributed by atoms with van der Waals surface area (Å²) >= 11 is 0. The number of likely N-dealkylation sites (N-methyl/N-ethyl adjacent to an activating group) is 1. The van der Waals surface area contributed by atoms with Crippen LogP contribution in [-0.4, -0.2) is 43.8 Å². The monoisotopic (exact) mass is 398 g/mol. The van der Waals surface area contributed by atoms with Gasteiger partial charge in [0.15, 0.2) is 0 Å². The van der Waals surface area contributed by atoms with Gasteiger partial charge in [0.25, 0.3) is 0 Å². The fourth-order valence-electron chi connectivity index (χ4n) is 3.63. The lowest BCUT2D eigenvalue weighted by Gasteiger charge is -2.38. The first kappa shape index (κ1) is 23.6. The molecule has 1 fully saturated rings. The highest BCUT2D eigenvalue weighted by Crippen LogP contribution is 2.33. The number of carbonyl (C=O) groups excluding carboxylic acids is 1. The highest BCUT2D eigenvalue weighted by Gasteiger charge is 2.36. The maximum Gasteiger partial charge on any atom is 0.412 e. The Balaban J connectivity index is 0.00000364. The normalized spacial score (nSPS) is 15.7. The SMILES string of the molecule is CCCCCOc1ccccc1NC(=O)OC1(CN(C)C)CCCCC1.Cl. The predicted octanol–water partition coefficient (Wildman–Crippen LogP) is 5.49. The average Bonchev–Trinajstić information content (AvgIpc) is 2.60. The molecule has 5 nitrogen and oxygen atoms in total. The number of rotatable bonds is 9. The second kappa shape index (κ2) is 12.1. The fraction of sp³-hybridized carbons (Fsp3) is 0.667. The molecule has 1 aromatic carbocycles. The molecule has 1 saturated carbocycles. The summed E-state index contributed by atoms with van der Waals surface area (Å²) in [5, 5.41) is 2.89. The van der Waals surface area contributed by atoms with Crippen molar-refractivity contribution in [2.75, 3.05) is 32.6 Å². The average molecular weight is 399 g/mol. The maximum absolute atomic E-state index is 12.6. The standard InChI is InChI=1S/C21H34N2O3.ClH/c1-4-5-11-16-25-19-13-8-7-12-18(19)22-20(24)26-21(17-23(2)3)14-9-6-10-15-21;/h7-8,12-13H,4-6,9-11,14-17H2,1-3H3,(H,22,24);1H. The molecular weight excluding hydrogens is 364 g/mol. The van der Waals surface area contributed by atoms with E-state index >= 15 is 0 Å². The van der Waals surface area contributed by atoms with E-state index in [0.29, 0.717) is 18.0 Å². The van der Waals surface area contributed by atoms with Crippen LogP contribution in [0.2, 0.25) is 0 Å². The highest BCUT2D eigenvalue weighted by atomic mass is 35.5. The molecule has 0 heterocycles. The van der Waals surface area contributed by atoms with E-state index < -0.39 is 6.09 Å². The van der Waals surface area contributed by atoms with Crippen molar-refractivity contribution < 1.29 is 14.3 Å². The van der Waals surface area contributed by atoms with Gasteiger partial charge >= 0.3 is 6.09 Å². The molecule has 27 heavy (non-hydrogen) atoms. The number of amides is 1. The van der Waals surface area contributed by atoms with Gasteiger partial charge in [-0.1, -0.05) is 38.3 Å². The molecule has 0 unspecified atom stereocenters. The molecular formula is C21H35ClN2O3. The Labute approximate surface area is 170 Å². The van der Waals surface area contributed by atoms with Crippen LogP contribution in [0.1, 0.15) is 58.3 Å². The Morgan fingerprint density at radius 1 is 1.15 bits per heavy atom. The van der Waals surface area contributed by atoms with Crippen LogP contribution in [-0.2, 0) is 4.74 Å². The molecule has 1 aliphatic carbocycles. The first-order valence-corrected chi connectivity index (χ1v) is 9.91. The van der Waals surface area contributed by atoms with E-state index in [1.807, 2.05) is 38.4 Å². The first-order valence-electron chi connectivity index (χ1n) is 9.91. The van der Waals surface area contributed by atoms with Gasteiger partial charge in [0.05, 0.1) is 12.3 Å². The van der Waals surface area contributed by atoms with Gasteiger partial charge in [-0.25, -0.2) is 4.79 Å². The molecule has 0 radical (unpaired) electrons. The zero-order valence-electron chi connectivity index (χ0n) is 17.0. The number of unbranched alkanes of at least 4 members (excludes halogenated alkanes) is 2. The van der Waals surface area contributed by atoms with Crippen LogP contribution >= 0.6 is 12.4 Å². The van der Waals surface area contributed by atoms with Crippen LogP contribution in [0.4, 0.5) is 10.5 Å². The Morgan fingerprint density at radius 2 is 1.85 bits per heavy atom. The molecule has 0 aliphatic heterocycles. The van der Waals surface area contributed by atoms with E-state index in [4.69, 9.17) is 9.47 Å². The smallest absolute Gasteiger partial charge is 0.412 e. The number of halogens is 1. The number of nitrogens with one attached hydrogen (secondary N) is 1. The third-order valence-corrected chi connectivity index (χ3v) is 4.81. The van der Waals surface area contributed by atoms with Crippen LogP contribution in [0, 0.1) is 0 Å². The molecule has 0 bridgehead atoms. The van der Waals surface area contributed by atoms with Crippen molar-refractivity contribution >= 4 is 24.2 Å². The van der Waals surface area contributed by atoms with E-state index in [0.717, 1.165) is 51.5 Å². The summed E-state index contributed by atoms with van der Waals surface area (Å²) < 4.78 is 11.8. The summed E-state index contributed by atoms with van der Waals surface area (Å²) in [5.41, 5.74) is 0.285. The van der Waals surface area contributed by atoms with Gasteiger partial charge in [0.2, 0.25) is 0 Å². The Kier molecular flexibility index (Phi) is 10.6. The van der Waals surface area contributed by atoms with Gasteiger partial charge in [0.1, 0.15) is 11.4 Å². The predicted molar refractivity (Wildman–Crippen MR) is 113 cm³/mol. The molecule has 1 aliphatic rings. The number of benzene rings is 1. The second-order valence-electron chi connectivity index (χ2n) is 7.55. The number of hydrogen-bond donors (Lipinski definition) is 1.